The number of carbonyl (C=O) groups excluding carboxylic acids is 1. The van der Waals surface area contributed by atoms with Gasteiger partial charge in [-0.1, -0.05) is 6.07 Å². The molecule has 2 aliphatic heterocycles. The number of amides is 1. The van der Waals surface area contributed by atoms with E-state index in [1.807, 2.05) is 6.07 Å². The topological polar surface area (TPSA) is 83.9 Å². The first-order valence-electron chi connectivity index (χ1n) is 7.97. The fourth-order valence-corrected chi connectivity index (χ4v) is 2.84. The van der Waals surface area contributed by atoms with Crippen molar-refractivity contribution in [1.29, 1.82) is 0 Å². The number of carbonyl (C=O) groups is 1. The Balaban J connectivity index is 1.58. The van der Waals surface area contributed by atoms with E-state index in [-0.39, 0.29) is 12.5 Å². The first-order valence-corrected chi connectivity index (χ1v) is 7.97. The lowest BCUT2D eigenvalue weighted by molar-refractivity contribution is 0.0341. The molecule has 3 heterocycles. The van der Waals surface area contributed by atoms with Crippen LogP contribution >= 0.6 is 0 Å². The lowest BCUT2D eigenvalue weighted by Crippen LogP contribution is -2.52. The molecule has 2 N–H and O–H groups in total. The van der Waals surface area contributed by atoms with Crippen molar-refractivity contribution in [3.8, 4) is 0 Å². The van der Waals surface area contributed by atoms with Crippen LogP contribution in [0, 0.1) is 0 Å². The van der Waals surface area contributed by atoms with Crippen molar-refractivity contribution >= 4 is 5.91 Å². The zero-order chi connectivity index (χ0) is 16.1. The first-order chi connectivity index (χ1) is 11.2. The summed E-state index contributed by atoms with van der Waals surface area (Å²) in [4.78, 5) is 18.9. The molecule has 1 amide bonds. The van der Waals surface area contributed by atoms with Crippen LogP contribution in [-0.2, 0) is 16.0 Å². The van der Waals surface area contributed by atoms with Gasteiger partial charge >= 0.3 is 0 Å². The largest absolute Gasteiger partial charge is 0.394 e. The van der Waals surface area contributed by atoms with Gasteiger partial charge in [-0.05, 0) is 18.1 Å². The number of morpholine rings is 1. The summed E-state index contributed by atoms with van der Waals surface area (Å²) < 4.78 is 10.6. The smallest absolute Gasteiger partial charge is 0.270 e. The van der Waals surface area contributed by atoms with Gasteiger partial charge in [-0.3, -0.25) is 14.7 Å². The molecule has 7 nitrogen and oxygen atoms in total. The summed E-state index contributed by atoms with van der Waals surface area (Å²) >= 11 is 0. The van der Waals surface area contributed by atoms with Crippen molar-refractivity contribution < 1.29 is 19.4 Å². The van der Waals surface area contributed by atoms with Crippen molar-refractivity contribution in [2.45, 2.75) is 18.5 Å². The molecule has 2 aliphatic rings. The Morgan fingerprint density at radius 2 is 2.13 bits per heavy atom. The molecule has 0 radical (unpaired) electrons. The molecule has 126 valence electrons. The molecule has 3 rings (SSSR count). The van der Waals surface area contributed by atoms with Crippen LogP contribution in [0.4, 0.5) is 0 Å². The van der Waals surface area contributed by atoms with Crippen LogP contribution in [0.2, 0.25) is 0 Å². The van der Waals surface area contributed by atoms with E-state index >= 15 is 0 Å². The molecule has 1 aromatic rings. The number of ether oxygens (including phenoxy) is 2. The van der Waals surface area contributed by atoms with Gasteiger partial charge in [0.05, 0.1) is 32.0 Å². The second kappa shape index (κ2) is 7.35. The highest BCUT2D eigenvalue weighted by atomic mass is 16.5. The number of aliphatic hydroxyl groups is 1. The van der Waals surface area contributed by atoms with Gasteiger partial charge in [0.15, 0.2) is 0 Å². The Morgan fingerprint density at radius 3 is 2.74 bits per heavy atom. The Morgan fingerprint density at radius 1 is 1.30 bits per heavy atom. The molecule has 1 unspecified atom stereocenters. The highest BCUT2D eigenvalue weighted by Gasteiger charge is 2.36. The fourth-order valence-electron chi connectivity index (χ4n) is 2.84. The summed E-state index contributed by atoms with van der Waals surface area (Å²) in [6, 6.07) is 3.65. The maximum Gasteiger partial charge on any atom is 0.270 e. The van der Waals surface area contributed by atoms with Crippen LogP contribution < -0.4 is 5.32 Å². The van der Waals surface area contributed by atoms with Crippen molar-refractivity contribution in [1.82, 2.24) is 15.2 Å². The fraction of sp³-hybridized carbons (Fsp3) is 0.625. The Hall–Kier alpha value is -1.54. The number of rotatable bonds is 5. The van der Waals surface area contributed by atoms with Crippen molar-refractivity contribution in [3.63, 3.8) is 0 Å². The van der Waals surface area contributed by atoms with Crippen LogP contribution in [0.15, 0.2) is 18.3 Å². The van der Waals surface area contributed by atoms with E-state index in [0.29, 0.717) is 25.3 Å². The number of nitrogens with zero attached hydrogens (tertiary/aromatic N) is 2. The van der Waals surface area contributed by atoms with Gasteiger partial charge in [0.1, 0.15) is 5.69 Å². The van der Waals surface area contributed by atoms with E-state index in [1.54, 1.807) is 12.3 Å². The van der Waals surface area contributed by atoms with Crippen LogP contribution in [-0.4, -0.2) is 72.6 Å². The summed E-state index contributed by atoms with van der Waals surface area (Å²) in [5, 5.41) is 12.4. The van der Waals surface area contributed by atoms with Crippen LogP contribution in [0.25, 0.3) is 0 Å². The standard InChI is InChI=1S/C16H23N3O4/c20-11-16(3-6-23-12-16)18-15(21)14-2-1-13(9-17-14)10-19-4-7-22-8-5-19/h1-2,9,20H,3-8,10-12H2,(H,18,21). The Bertz CT molecular complexity index is 523. The number of nitrogens with one attached hydrogen (secondary N) is 1. The maximum atomic E-state index is 12.3. The molecule has 0 aliphatic carbocycles. The van der Waals surface area contributed by atoms with E-state index in [4.69, 9.17) is 9.47 Å². The van der Waals surface area contributed by atoms with Gasteiger partial charge in [0.2, 0.25) is 0 Å². The molecule has 2 saturated heterocycles. The molecular formula is C16H23N3O4. The monoisotopic (exact) mass is 321 g/mol. The summed E-state index contributed by atoms with van der Waals surface area (Å²) in [5.41, 5.74) is 0.755. The van der Waals surface area contributed by atoms with Crippen LogP contribution in [0.3, 0.4) is 0 Å². The van der Waals surface area contributed by atoms with Crippen molar-refractivity contribution in [2.75, 3.05) is 46.1 Å². The molecule has 1 aromatic heterocycles. The summed E-state index contributed by atoms with van der Waals surface area (Å²) in [6.45, 7) is 4.93. The van der Waals surface area contributed by atoms with E-state index in [9.17, 15) is 9.90 Å². The SMILES string of the molecule is O=C(NC1(CO)CCOC1)c1ccc(CN2CCOCC2)cn1. The second-order valence-electron chi connectivity index (χ2n) is 6.14. The Labute approximate surface area is 135 Å². The predicted octanol–water partition coefficient (Wildman–Crippen LogP) is -0.205. The van der Waals surface area contributed by atoms with Crippen molar-refractivity contribution in [2.24, 2.45) is 0 Å². The van der Waals surface area contributed by atoms with E-state index in [0.717, 1.165) is 38.4 Å². The molecule has 0 aromatic carbocycles. The Kier molecular flexibility index (Phi) is 5.22. The van der Waals surface area contributed by atoms with Gasteiger partial charge in [0.25, 0.3) is 5.91 Å². The zero-order valence-corrected chi connectivity index (χ0v) is 13.2. The van der Waals surface area contributed by atoms with Crippen LogP contribution in [0.1, 0.15) is 22.5 Å². The lowest BCUT2D eigenvalue weighted by atomic mass is 10.00. The van der Waals surface area contributed by atoms with Gasteiger partial charge in [0, 0.05) is 32.4 Å². The quantitative estimate of drug-likeness (QED) is 0.781. The molecular weight excluding hydrogens is 298 g/mol. The third-order valence-corrected chi connectivity index (χ3v) is 4.35. The number of pyridine rings is 1. The highest BCUT2D eigenvalue weighted by Crippen LogP contribution is 2.18. The van der Waals surface area contributed by atoms with E-state index < -0.39 is 5.54 Å². The molecule has 0 saturated carbocycles. The number of hydrogen-bond donors (Lipinski definition) is 2. The van der Waals surface area contributed by atoms with Crippen molar-refractivity contribution in [3.05, 3.63) is 29.6 Å². The molecule has 0 bridgehead atoms. The highest BCUT2D eigenvalue weighted by molar-refractivity contribution is 5.92. The third kappa shape index (κ3) is 4.06. The van der Waals surface area contributed by atoms with Gasteiger partial charge in [-0.25, -0.2) is 0 Å². The molecule has 1 atom stereocenters. The zero-order valence-electron chi connectivity index (χ0n) is 13.2. The first kappa shape index (κ1) is 16.3. The average molecular weight is 321 g/mol. The number of aliphatic hydroxyl groups excluding tert-OH is 1. The number of aromatic nitrogens is 1. The second-order valence-corrected chi connectivity index (χ2v) is 6.14. The van der Waals surface area contributed by atoms with Gasteiger partial charge < -0.3 is 19.9 Å². The molecule has 2 fully saturated rings. The van der Waals surface area contributed by atoms with E-state index in [2.05, 4.69) is 15.2 Å². The molecule has 7 heteroatoms. The summed E-state index contributed by atoms with van der Waals surface area (Å²) in [6.07, 6.45) is 2.35. The minimum Gasteiger partial charge on any atom is -0.394 e. The average Bonchev–Trinajstić information content (AvgIpc) is 3.05. The minimum atomic E-state index is -0.675. The summed E-state index contributed by atoms with van der Waals surface area (Å²) in [7, 11) is 0. The predicted molar refractivity (Wildman–Crippen MR) is 83.1 cm³/mol. The number of hydrogen-bond acceptors (Lipinski definition) is 6. The van der Waals surface area contributed by atoms with E-state index in [1.165, 1.54) is 0 Å². The minimum absolute atomic E-state index is 0.131. The lowest BCUT2D eigenvalue weighted by Gasteiger charge is -2.27. The molecule has 0 spiro atoms. The van der Waals surface area contributed by atoms with Crippen LogP contribution in [0.5, 0.6) is 0 Å². The normalized spacial score (nSPS) is 25.4. The summed E-state index contributed by atoms with van der Waals surface area (Å²) in [5.74, 6) is -0.275. The maximum absolute atomic E-state index is 12.3. The molecule has 23 heavy (non-hydrogen) atoms. The van der Waals surface area contributed by atoms with Gasteiger partial charge in [-0.2, -0.15) is 0 Å². The third-order valence-electron chi connectivity index (χ3n) is 4.35. The van der Waals surface area contributed by atoms with Gasteiger partial charge in [-0.15, -0.1) is 0 Å².